The predicted molar refractivity (Wildman–Crippen MR) is 48.6 cm³/mol. The molecular weight excluding hydrogens is 155 g/mol. The van der Waals surface area contributed by atoms with Crippen molar-refractivity contribution in [2.75, 3.05) is 20.1 Å². The highest BCUT2D eigenvalue weighted by atomic mass is 19.2. The molecule has 1 N–H and O–H groups in total. The maximum Gasteiger partial charge on any atom is 0.0412 e. The van der Waals surface area contributed by atoms with Crippen molar-refractivity contribution in [3.63, 3.8) is 0 Å². The summed E-state index contributed by atoms with van der Waals surface area (Å²) in [6.07, 6.45) is 6.60. The first-order chi connectivity index (χ1) is 5.79. The molecule has 0 aliphatic heterocycles. The maximum absolute atomic E-state index is 12.2. The second-order valence-electron chi connectivity index (χ2n) is 3.62. The summed E-state index contributed by atoms with van der Waals surface area (Å²) < 4.78 is 12.2. The fraction of sp³-hybridized carbons (Fsp3) is 1.00. The molecule has 72 valence electrons. The van der Waals surface area contributed by atoms with Crippen LogP contribution < -0.4 is 5.32 Å². The van der Waals surface area contributed by atoms with Crippen LogP contribution in [0.15, 0.2) is 0 Å². The quantitative estimate of drug-likeness (QED) is 0.653. The third-order valence-corrected chi connectivity index (χ3v) is 2.46. The lowest BCUT2D eigenvalue weighted by atomic mass is 9.95. The molecule has 2 nitrogen and oxygen atoms in total. The van der Waals surface area contributed by atoms with Gasteiger partial charge in [0.1, 0.15) is 0 Å². The molecule has 0 saturated heterocycles. The molecule has 0 atom stereocenters. The van der Waals surface area contributed by atoms with E-state index in [9.17, 15) is 4.48 Å². The molecule has 3 heteroatoms. The maximum atomic E-state index is 12.2. The van der Waals surface area contributed by atoms with Crippen LogP contribution in [0.3, 0.4) is 0 Å². The number of nitrogens with zero attached hydrogens (tertiary/aromatic N) is 1. The minimum atomic E-state index is 0.497. The molecular formula is C9H19FN2. The molecule has 1 aliphatic carbocycles. The van der Waals surface area contributed by atoms with Crippen LogP contribution in [0.4, 0.5) is 4.48 Å². The Bertz CT molecular complexity index is 111. The Labute approximate surface area is 74.1 Å². The summed E-state index contributed by atoms with van der Waals surface area (Å²) in [5.74, 6) is 0. The molecule has 1 saturated carbocycles. The zero-order valence-corrected chi connectivity index (χ0v) is 7.85. The molecule has 0 unspecified atom stereocenters. The van der Waals surface area contributed by atoms with E-state index in [1.807, 2.05) is 0 Å². The zero-order chi connectivity index (χ0) is 8.81. The largest absolute Gasteiger partial charge is 0.313 e. The normalized spacial score (nSPS) is 20.2. The van der Waals surface area contributed by atoms with Crippen LogP contribution in [-0.2, 0) is 0 Å². The van der Waals surface area contributed by atoms with Crippen LogP contribution in [0.1, 0.15) is 32.1 Å². The Morgan fingerprint density at radius 3 is 2.58 bits per heavy atom. The molecule has 1 aliphatic rings. The second kappa shape index (κ2) is 5.49. The van der Waals surface area contributed by atoms with Crippen molar-refractivity contribution in [1.29, 1.82) is 0 Å². The molecule has 0 aromatic rings. The Kier molecular flexibility index (Phi) is 4.54. The van der Waals surface area contributed by atoms with E-state index in [-0.39, 0.29) is 0 Å². The van der Waals surface area contributed by atoms with Crippen molar-refractivity contribution in [2.24, 2.45) is 0 Å². The van der Waals surface area contributed by atoms with Gasteiger partial charge < -0.3 is 5.32 Å². The Balaban J connectivity index is 1.98. The Morgan fingerprint density at radius 1 is 1.33 bits per heavy atom. The minimum Gasteiger partial charge on any atom is -0.313 e. The SMILES string of the molecule is CN(F)CCNC1CCCCC1. The Hall–Kier alpha value is -0.150. The van der Waals surface area contributed by atoms with Crippen LogP contribution in [-0.4, -0.2) is 31.3 Å². The summed E-state index contributed by atoms with van der Waals surface area (Å²) in [7, 11) is 1.46. The number of hydrogen-bond acceptors (Lipinski definition) is 2. The van der Waals surface area contributed by atoms with Gasteiger partial charge in [0, 0.05) is 26.2 Å². The molecule has 0 radical (unpaired) electrons. The molecule has 0 aromatic heterocycles. The predicted octanol–water partition coefficient (Wildman–Crippen LogP) is 1.73. The van der Waals surface area contributed by atoms with Gasteiger partial charge in [0.25, 0.3) is 0 Å². The van der Waals surface area contributed by atoms with Gasteiger partial charge in [-0.2, -0.15) is 0 Å². The molecule has 1 rings (SSSR count). The molecule has 0 aromatic carbocycles. The summed E-state index contributed by atoms with van der Waals surface area (Å²) in [5, 5.41) is 4.10. The van der Waals surface area contributed by atoms with E-state index in [0.29, 0.717) is 12.6 Å². The molecule has 0 amide bonds. The van der Waals surface area contributed by atoms with Crippen LogP contribution in [0.25, 0.3) is 0 Å². The second-order valence-corrected chi connectivity index (χ2v) is 3.62. The molecule has 1 fully saturated rings. The summed E-state index contributed by atoms with van der Waals surface area (Å²) in [4.78, 5) is 0. The summed E-state index contributed by atoms with van der Waals surface area (Å²) in [5.41, 5.74) is 0. The third-order valence-electron chi connectivity index (χ3n) is 2.46. The van der Waals surface area contributed by atoms with Crippen LogP contribution >= 0.6 is 0 Å². The van der Waals surface area contributed by atoms with E-state index in [1.165, 1.54) is 39.2 Å². The average molecular weight is 174 g/mol. The number of hydrogen-bond donors (Lipinski definition) is 1. The van der Waals surface area contributed by atoms with E-state index in [0.717, 1.165) is 11.7 Å². The molecule has 0 heterocycles. The standard InChI is InChI=1S/C9H19FN2/c1-12(10)8-7-11-9-5-3-2-4-6-9/h9,11H,2-8H2,1H3. The highest BCUT2D eigenvalue weighted by Gasteiger charge is 2.11. The number of likely N-dealkylation sites (N-methyl/N-ethyl adjacent to an activating group) is 1. The Morgan fingerprint density at radius 2 is 2.00 bits per heavy atom. The lowest BCUT2D eigenvalue weighted by Crippen LogP contribution is -2.35. The smallest absolute Gasteiger partial charge is 0.0412 e. The van der Waals surface area contributed by atoms with Crippen LogP contribution in [0.2, 0.25) is 0 Å². The van der Waals surface area contributed by atoms with Gasteiger partial charge in [-0.25, -0.2) is 0 Å². The highest BCUT2D eigenvalue weighted by Crippen LogP contribution is 2.16. The van der Waals surface area contributed by atoms with Gasteiger partial charge in [-0.15, -0.1) is 9.60 Å². The summed E-state index contributed by atoms with van der Waals surface area (Å²) >= 11 is 0. The van der Waals surface area contributed by atoms with Gasteiger partial charge in [-0.05, 0) is 12.8 Å². The topological polar surface area (TPSA) is 15.3 Å². The first kappa shape index (κ1) is 9.93. The van der Waals surface area contributed by atoms with E-state index in [2.05, 4.69) is 5.32 Å². The highest BCUT2D eigenvalue weighted by molar-refractivity contribution is 4.71. The van der Waals surface area contributed by atoms with Crippen molar-refractivity contribution >= 4 is 0 Å². The molecule has 0 bridgehead atoms. The summed E-state index contributed by atoms with van der Waals surface area (Å²) in [6.45, 7) is 1.27. The number of halogens is 1. The van der Waals surface area contributed by atoms with Gasteiger partial charge in [0.2, 0.25) is 0 Å². The van der Waals surface area contributed by atoms with Gasteiger partial charge in [0.05, 0.1) is 0 Å². The monoisotopic (exact) mass is 174 g/mol. The van der Waals surface area contributed by atoms with Crippen molar-refractivity contribution in [2.45, 2.75) is 38.1 Å². The first-order valence-corrected chi connectivity index (χ1v) is 4.89. The van der Waals surface area contributed by atoms with Gasteiger partial charge >= 0.3 is 0 Å². The number of rotatable bonds is 4. The lowest BCUT2D eigenvalue weighted by Gasteiger charge is -2.23. The zero-order valence-electron chi connectivity index (χ0n) is 7.85. The van der Waals surface area contributed by atoms with Gasteiger partial charge in [0.15, 0.2) is 0 Å². The molecule has 0 spiro atoms. The third kappa shape index (κ3) is 4.02. The lowest BCUT2D eigenvalue weighted by molar-refractivity contribution is 0.0601. The average Bonchev–Trinajstić information content (AvgIpc) is 2.05. The fourth-order valence-corrected chi connectivity index (χ4v) is 1.73. The van der Waals surface area contributed by atoms with Crippen molar-refractivity contribution in [1.82, 2.24) is 10.4 Å². The van der Waals surface area contributed by atoms with Crippen molar-refractivity contribution < 1.29 is 4.48 Å². The van der Waals surface area contributed by atoms with E-state index < -0.39 is 0 Å². The van der Waals surface area contributed by atoms with Crippen LogP contribution in [0.5, 0.6) is 0 Å². The van der Waals surface area contributed by atoms with Crippen molar-refractivity contribution in [3.05, 3.63) is 0 Å². The minimum absolute atomic E-state index is 0.497. The van der Waals surface area contributed by atoms with Crippen LogP contribution in [0, 0.1) is 0 Å². The van der Waals surface area contributed by atoms with E-state index in [1.54, 1.807) is 0 Å². The van der Waals surface area contributed by atoms with E-state index >= 15 is 0 Å². The molecule has 12 heavy (non-hydrogen) atoms. The van der Waals surface area contributed by atoms with E-state index in [4.69, 9.17) is 0 Å². The fourth-order valence-electron chi connectivity index (χ4n) is 1.73. The van der Waals surface area contributed by atoms with Gasteiger partial charge in [-0.3, -0.25) is 0 Å². The number of nitrogens with one attached hydrogen (secondary N) is 1. The van der Waals surface area contributed by atoms with Gasteiger partial charge in [-0.1, -0.05) is 19.3 Å². The first-order valence-electron chi connectivity index (χ1n) is 4.89. The summed E-state index contributed by atoms with van der Waals surface area (Å²) in [6, 6.07) is 0.652. The van der Waals surface area contributed by atoms with Crippen molar-refractivity contribution in [3.8, 4) is 0 Å².